The molecule has 2 N–H and O–H groups in total. The highest BCUT2D eigenvalue weighted by Gasteiger charge is 2.20. The third kappa shape index (κ3) is 2.17. The van der Waals surface area contributed by atoms with Gasteiger partial charge in [0.1, 0.15) is 10.3 Å². The molecule has 2 rings (SSSR count). The maximum absolute atomic E-state index is 5.98. The van der Waals surface area contributed by atoms with E-state index in [-0.39, 0.29) is 0 Å². The Morgan fingerprint density at radius 3 is 1.12 bits per heavy atom. The maximum atomic E-state index is 5.98. The zero-order chi connectivity index (χ0) is 12.0. The van der Waals surface area contributed by atoms with E-state index in [1.807, 2.05) is 0 Å². The second kappa shape index (κ2) is 4.97. The van der Waals surface area contributed by atoms with E-state index in [1.165, 1.54) is 0 Å². The van der Waals surface area contributed by atoms with Gasteiger partial charge in [0, 0.05) is 0 Å². The SMILES string of the molecule is Clc1[nH]c(-c2[nH]c(Cl)c(Br)c2Br)c(Br)c1Br. The number of aromatic amines is 2. The standard InChI is InChI=1S/C8H2Br4Cl2N2/c9-1-3(11)7(13)15-5(1)6-2(10)4(12)8(14)16-6/h15-16H. The fourth-order valence-corrected chi connectivity index (χ4v) is 3.39. The minimum Gasteiger partial charge on any atom is -0.342 e. The van der Waals surface area contributed by atoms with Crippen molar-refractivity contribution in [1.82, 2.24) is 9.97 Å². The number of hydrogen-bond acceptors (Lipinski definition) is 0. The molecule has 0 fully saturated rings. The van der Waals surface area contributed by atoms with Crippen molar-refractivity contribution in [2.24, 2.45) is 0 Å². The van der Waals surface area contributed by atoms with Gasteiger partial charge in [-0.05, 0) is 63.7 Å². The molecule has 0 saturated carbocycles. The number of H-pyrrole nitrogens is 2. The third-order valence-corrected chi connectivity index (χ3v) is 7.19. The largest absolute Gasteiger partial charge is 0.342 e. The van der Waals surface area contributed by atoms with Crippen LogP contribution in [-0.4, -0.2) is 9.97 Å². The monoisotopic (exact) mass is 512 g/mol. The molecule has 0 saturated heterocycles. The van der Waals surface area contributed by atoms with Crippen LogP contribution in [0.2, 0.25) is 10.3 Å². The molecule has 0 spiro atoms. The Morgan fingerprint density at radius 2 is 0.938 bits per heavy atom. The van der Waals surface area contributed by atoms with Gasteiger partial charge in [-0.1, -0.05) is 23.2 Å². The molecular formula is C8H2Br4Cl2N2. The third-order valence-electron chi connectivity index (χ3n) is 1.93. The Bertz CT molecular complexity index is 511. The molecule has 2 heterocycles. The molecule has 0 aliphatic carbocycles. The van der Waals surface area contributed by atoms with Gasteiger partial charge in [0.05, 0.1) is 29.3 Å². The molecule has 2 aromatic heterocycles. The molecule has 0 aliphatic heterocycles. The number of halogens is 6. The van der Waals surface area contributed by atoms with Crippen LogP contribution in [0.4, 0.5) is 0 Å². The Kier molecular flexibility index (Phi) is 4.19. The lowest BCUT2D eigenvalue weighted by molar-refractivity contribution is 1.32. The van der Waals surface area contributed by atoms with E-state index < -0.39 is 0 Å². The summed E-state index contributed by atoms with van der Waals surface area (Å²) in [5.74, 6) is 0. The molecule has 0 atom stereocenters. The van der Waals surface area contributed by atoms with Crippen molar-refractivity contribution in [1.29, 1.82) is 0 Å². The molecule has 0 aromatic carbocycles. The molecule has 0 aliphatic rings. The van der Waals surface area contributed by atoms with Gasteiger partial charge in [-0.3, -0.25) is 0 Å². The molecule has 0 bridgehead atoms. The lowest BCUT2D eigenvalue weighted by atomic mass is 10.3. The van der Waals surface area contributed by atoms with E-state index in [2.05, 4.69) is 73.7 Å². The van der Waals surface area contributed by atoms with Crippen LogP contribution in [0.25, 0.3) is 11.4 Å². The Hall–Kier alpha value is 1.06. The van der Waals surface area contributed by atoms with Crippen molar-refractivity contribution in [3.63, 3.8) is 0 Å². The van der Waals surface area contributed by atoms with E-state index in [0.29, 0.717) is 10.3 Å². The van der Waals surface area contributed by atoms with Gasteiger partial charge in [-0.15, -0.1) is 0 Å². The van der Waals surface area contributed by atoms with Gasteiger partial charge in [0.25, 0.3) is 0 Å². The van der Waals surface area contributed by atoms with Crippen molar-refractivity contribution < 1.29 is 0 Å². The molecule has 86 valence electrons. The van der Waals surface area contributed by atoms with Crippen LogP contribution in [0.15, 0.2) is 17.9 Å². The quantitative estimate of drug-likeness (QED) is 0.442. The van der Waals surface area contributed by atoms with Gasteiger partial charge in [0.2, 0.25) is 0 Å². The highest BCUT2D eigenvalue weighted by Crippen LogP contribution is 2.44. The van der Waals surface area contributed by atoms with Crippen molar-refractivity contribution in [3.05, 3.63) is 28.2 Å². The summed E-state index contributed by atoms with van der Waals surface area (Å²) in [5.41, 5.74) is 1.63. The minimum absolute atomic E-state index is 0.524. The first-order valence-corrected chi connectivity index (χ1v) is 7.81. The van der Waals surface area contributed by atoms with Crippen molar-refractivity contribution in [2.75, 3.05) is 0 Å². The summed E-state index contributed by atoms with van der Waals surface area (Å²) < 4.78 is 3.23. The minimum atomic E-state index is 0.524. The molecule has 0 unspecified atom stereocenters. The van der Waals surface area contributed by atoms with Crippen LogP contribution >= 0.6 is 86.9 Å². The topological polar surface area (TPSA) is 31.6 Å². The molecule has 8 heteroatoms. The average Bonchev–Trinajstić information content (AvgIpc) is 2.64. The van der Waals surface area contributed by atoms with Crippen LogP contribution in [0.5, 0.6) is 0 Å². The molecule has 0 amide bonds. The molecule has 0 radical (unpaired) electrons. The van der Waals surface area contributed by atoms with Crippen LogP contribution in [0, 0.1) is 0 Å². The average molecular weight is 517 g/mol. The van der Waals surface area contributed by atoms with Crippen LogP contribution < -0.4 is 0 Å². The molecule has 2 aromatic rings. The Labute approximate surface area is 135 Å². The lowest BCUT2D eigenvalue weighted by Gasteiger charge is -1.97. The van der Waals surface area contributed by atoms with E-state index in [1.54, 1.807) is 0 Å². The Balaban J connectivity index is 2.68. The smallest absolute Gasteiger partial charge is 0.122 e. The van der Waals surface area contributed by atoms with Gasteiger partial charge in [-0.25, -0.2) is 0 Å². The van der Waals surface area contributed by atoms with Gasteiger partial charge in [0.15, 0.2) is 0 Å². The number of aromatic nitrogens is 2. The summed E-state index contributed by atoms with van der Waals surface area (Å²) in [6.07, 6.45) is 0. The second-order valence-corrected chi connectivity index (χ2v) is 6.81. The maximum Gasteiger partial charge on any atom is 0.122 e. The summed E-state index contributed by atoms with van der Waals surface area (Å²) in [5, 5.41) is 1.05. The first kappa shape index (κ1) is 13.5. The predicted octanol–water partition coefficient (Wildman–Crippen LogP) is 6.37. The van der Waals surface area contributed by atoms with Crippen molar-refractivity contribution in [3.8, 4) is 11.4 Å². The van der Waals surface area contributed by atoms with E-state index in [4.69, 9.17) is 23.2 Å². The summed E-state index contributed by atoms with van der Waals surface area (Å²) >= 11 is 25.6. The second-order valence-electron chi connectivity index (χ2n) is 2.88. The first-order valence-electron chi connectivity index (χ1n) is 3.88. The van der Waals surface area contributed by atoms with Crippen molar-refractivity contribution >= 4 is 86.9 Å². The first-order chi connectivity index (χ1) is 7.43. The molecule has 16 heavy (non-hydrogen) atoms. The fraction of sp³-hybridized carbons (Fsp3) is 0. The molecule has 2 nitrogen and oxygen atoms in total. The van der Waals surface area contributed by atoms with Crippen LogP contribution in [-0.2, 0) is 0 Å². The fourth-order valence-electron chi connectivity index (χ4n) is 1.20. The van der Waals surface area contributed by atoms with Gasteiger partial charge in [-0.2, -0.15) is 0 Å². The highest BCUT2D eigenvalue weighted by atomic mass is 79.9. The van der Waals surface area contributed by atoms with Gasteiger partial charge < -0.3 is 9.97 Å². The Morgan fingerprint density at radius 1 is 0.625 bits per heavy atom. The summed E-state index contributed by atoms with van der Waals surface area (Å²) in [4.78, 5) is 6.08. The number of nitrogens with one attached hydrogen (secondary N) is 2. The zero-order valence-corrected chi connectivity index (χ0v) is 15.1. The van der Waals surface area contributed by atoms with E-state index in [0.717, 1.165) is 29.3 Å². The summed E-state index contributed by atoms with van der Waals surface area (Å²) in [7, 11) is 0. The predicted molar refractivity (Wildman–Crippen MR) is 81.4 cm³/mol. The zero-order valence-electron chi connectivity index (χ0n) is 7.27. The summed E-state index contributed by atoms with van der Waals surface area (Å²) in [6.45, 7) is 0. The highest BCUT2D eigenvalue weighted by molar-refractivity contribution is 9.13. The van der Waals surface area contributed by atoms with Crippen molar-refractivity contribution in [2.45, 2.75) is 0 Å². The van der Waals surface area contributed by atoms with E-state index in [9.17, 15) is 0 Å². The van der Waals surface area contributed by atoms with Gasteiger partial charge >= 0.3 is 0 Å². The molecular weight excluding hydrogens is 515 g/mol. The number of hydrogen-bond donors (Lipinski definition) is 2. The number of rotatable bonds is 1. The van der Waals surface area contributed by atoms with E-state index >= 15 is 0 Å². The lowest BCUT2D eigenvalue weighted by Crippen LogP contribution is -1.79. The van der Waals surface area contributed by atoms with Crippen LogP contribution in [0.1, 0.15) is 0 Å². The normalized spacial score (nSPS) is 11.1. The summed E-state index contributed by atoms with van der Waals surface area (Å²) in [6, 6.07) is 0. The van der Waals surface area contributed by atoms with Crippen LogP contribution in [0.3, 0.4) is 0 Å².